The Balaban J connectivity index is 0.00000105. The van der Waals surface area contributed by atoms with Gasteiger partial charge in [-0.15, -0.1) is 10.2 Å². The molecule has 0 unspecified atom stereocenters. The Morgan fingerprint density at radius 1 is 0.625 bits per heavy atom. The maximum Gasteiger partial charge on any atom is 0.169 e. The molecule has 0 saturated heterocycles. The molecule has 0 fully saturated rings. The summed E-state index contributed by atoms with van der Waals surface area (Å²) >= 11 is 0. The van der Waals surface area contributed by atoms with E-state index in [1.165, 1.54) is 27.5 Å². The maximum absolute atomic E-state index is 4.64. The zero-order valence-electron chi connectivity index (χ0n) is 18.6. The fraction of sp³-hybridized carbons (Fsp3) is 0.103. The first-order valence-electron chi connectivity index (χ1n) is 11.1. The van der Waals surface area contributed by atoms with Crippen molar-refractivity contribution in [2.75, 3.05) is 0 Å². The first kappa shape index (κ1) is 20.0. The molecule has 6 rings (SSSR count). The van der Waals surface area contributed by atoms with Crippen LogP contribution in [0.25, 0.3) is 49.8 Å². The molecule has 156 valence electrons. The molecule has 0 spiro atoms. The van der Waals surface area contributed by atoms with Crippen molar-refractivity contribution in [2.45, 2.75) is 20.8 Å². The van der Waals surface area contributed by atoms with Crippen LogP contribution in [0.2, 0.25) is 0 Å². The van der Waals surface area contributed by atoms with E-state index in [9.17, 15) is 0 Å². The van der Waals surface area contributed by atoms with Gasteiger partial charge in [-0.1, -0.05) is 104 Å². The number of hydrogen-bond donors (Lipinski definition) is 0. The summed E-state index contributed by atoms with van der Waals surface area (Å²) in [5.41, 5.74) is 6.73. The number of aryl methyl sites for hydroxylation is 1. The van der Waals surface area contributed by atoms with Gasteiger partial charge in [0.05, 0.1) is 5.52 Å². The van der Waals surface area contributed by atoms with E-state index < -0.39 is 0 Å². The van der Waals surface area contributed by atoms with Crippen molar-refractivity contribution in [3.8, 4) is 22.5 Å². The van der Waals surface area contributed by atoms with Crippen molar-refractivity contribution in [2.24, 2.45) is 0 Å². The van der Waals surface area contributed by atoms with Crippen molar-refractivity contribution in [1.29, 1.82) is 0 Å². The Kier molecular flexibility index (Phi) is 5.16. The lowest BCUT2D eigenvalue weighted by molar-refractivity contribution is 1.12. The quantitative estimate of drug-likeness (QED) is 0.271. The molecule has 2 heterocycles. The van der Waals surface area contributed by atoms with Crippen LogP contribution in [0.4, 0.5) is 0 Å². The monoisotopic (exact) mass is 415 g/mol. The van der Waals surface area contributed by atoms with Gasteiger partial charge < -0.3 is 0 Å². The first-order valence-corrected chi connectivity index (χ1v) is 11.1. The first-order chi connectivity index (χ1) is 15.8. The van der Waals surface area contributed by atoms with Gasteiger partial charge in [0.15, 0.2) is 11.5 Å². The van der Waals surface area contributed by atoms with E-state index in [0.29, 0.717) is 0 Å². The molecule has 0 N–H and O–H groups in total. The summed E-state index contributed by atoms with van der Waals surface area (Å²) < 4.78 is 2.20. The van der Waals surface area contributed by atoms with Gasteiger partial charge in [-0.05, 0) is 30.2 Å². The normalized spacial score (nSPS) is 11.0. The predicted octanol–water partition coefficient (Wildman–Crippen LogP) is 7.70. The van der Waals surface area contributed by atoms with Gasteiger partial charge in [0.1, 0.15) is 0 Å². The zero-order chi connectivity index (χ0) is 22.1. The highest BCUT2D eigenvalue weighted by molar-refractivity contribution is 6.18. The molecule has 3 heteroatoms. The number of pyridine rings is 1. The van der Waals surface area contributed by atoms with E-state index >= 15 is 0 Å². The van der Waals surface area contributed by atoms with Gasteiger partial charge in [0.25, 0.3) is 0 Å². The lowest BCUT2D eigenvalue weighted by Gasteiger charge is -2.14. The summed E-state index contributed by atoms with van der Waals surface area (Å²) in [5.74, 6) is 0.867. The molecule has 0 aliphatic heterocycles. The van der Waals surface area contributed by atoms with Crippen LogP contribution in [-0.4, -0.2) is 14.6 Å². The highest BCUT2D eigenvalue weighted by atomic mass is 15.2. The average molecular weight is 416 g/mol. The van der Waals surface area contributed by atoms with Gasteiger partial charge in [-0.3, -0.25) is 4.40 Å². The van der Waals surface area contributed by atoms with Gasteiger partial charge in [0.2, 0.25) is 0 Å². The van der Waals surface area contributed by atoms with Crippen molar-refractivity contribution in [3.05, 3.63) is 103 Å². The number of nitrogens with zero attached hydrogens (tertiary/aromatic N) is 3. The van der Waals surface area contributed by atoms with E-state index in [0.717, 1.165) is 27.9 Å². The van der Waals surface area contributed by atoms with E-state index in [2.05, 4.69) is 100 Å². The second kappa shape index (κ2) is 8.27. The minimum atomic E-state index is 0.867. The van der Waals surface area contributed by atoms with Gasteiger partial charge in [-0.2, -0.15) is 0 Å². The van der Waals surface area contributed by atoms with Crippen molar-refractivity contribution in [1.82, 2.24) is 14.6 Å². The summed E-state index contributed by atoms with van der Waals surface area (Å²) in [4.78, 5) is 0. The molecule has 0 bridgehead atoms. The second-order valence-corrected chi connectivity index (χ2v) is 7.66. The Morgan fingerprint density at radius 3 is 2.03 bits per heavy atom. The van der Waals surface area contributed by atoms with Crippen LogP contribution in [0.1, 0.15) is 19.4 Å². The largest absolute Gasteiger partial charge is 0.274 e. The SMILES string of the molecule is CC.Cc1ccc2c(c1)c1c(-c3ccccc3)cccc1c1nnc(-c3ccccc3)n21. The zero-order valence-corrected chi connectivity index (χ0v) is 18.6. The molecule has 6 aromatic rings. The molecule has 3 nitrogen and oxygen atoms in total. The van der Waals surface area contributed by atoms with E-state index in [1.807, 2.05) is 32.0 Å². The smallest absolute Gasteiger partial charge is 0.169 e. The van der Waals surface area contributed by atoms with Crippen molar-refractivity contribution in [3.63, 3.8) is 0 Å². The number of aromatic nitrogens is 3. The number of rotatable bonds is 2. The molecule has 4 aromatic carbocycles. The Labute approximate surface area is 188 Å². The minimum absolute atomic E-state index is 0.867. The second-order valence-electron chi connectivity index (χ2n) is 7.66. The molecule has 0 amide bonds. The lowest BCUT2D eigenvalue weighted by Crippen LogP contribution is -1.96. The molecule has 0 saturated carbocycles. The van der Waals surface area contributed by atoms with E-state index in [1.54, 1.807) is 0 Å². The van der Waals surface area contributed by atoms with Crippen LogP contribution in [-0.2, 0) is 0 Å². The van der Waals surface area contributed by atoms with Crippen LogP contribution in [0.15, 0.2) is 97.1 Å². The third-order valence-corrected chi connectivity index (χ3v) is 5.75. The minimum Gasteiger partial charge on any atom is -0.274 e. The van der Waals surface area contributed by atoms with Crippen LogP contribution < -0.4 is 0 Å². The number of hydrogen-bond acceptors (Lipinski definition) is 2. The molecule has 0 atom stereocenters. The van der Waals surface area contributed by atoms with Crippen molar-refractivity contribution >= 4 is 27.3 Å². The molecular formula is C29H25N3. The number of benzene rings is 4. The molecule has 32 heavy (non-hydrogen) atoms. The summed E-state index contributed by atoms with van der Waals surface area (Å²) in [7, 11) is 0. The molecule has 2 aromatic heterocycles. The molecular weight excluding hydrogens is 390 g/mol. The third-order valence-electron chi connectivity index (χ3n) is 5.75. The Morgan fingerprint density at radius 2 is 1.31 bits per heavy atom. The highest BCUT2D eigenvalue weighted by Gasteiger charge is 2.18. The van der Waals surface area contributed by atoms with Crippen LogP contribution in [0.3, 0.4) is 0 Å². The van der Waals surface area contributed by atoms with Gasteiger partial charge in [0, 0.05) is 21.7 Å². The third kappa shape index (κ3) is 3.14. The average Bonchev–Trinajstić information content (AvgIpc) is 3.31. The predicted molar refractivity (Wildman–Crippen MR) is 135 cm³/mol. The van der Waals surface area contributed by atoms with E-state index in [4.69, 9.17) is 0 Å². The highest BCUT2D eigenvalue weighted by Crippen LogP contribution is 2.38. The summed E-state index contributed by atoms with van der Waals surface area (Å²) in [5, 5.41) is 12.8. The summed E-state index contributed by atoms with van der Waals surface area (Å²) in [6.07, 6.45) is 0. The van der Waals surface area contributed by atoms with Gasteiger partial charge in [-0.25, -0.2) is 0 Å². The molecule has 0 radical (unpaired) electrons. The Bertz CT molecular complexity index is 1530. The molecule has 0 aliphatic rings. The van der Waals surface area contributed by atoms with Crippen LogP contribution >= 0.6 is 0 Å². The fourth-order valence-corrected chi connectivity index (χ4v) is 4.39. The van der Waals surface area contributed by atoms with Gasteiger partial charge >= 0.3 is 0 Å². The van der Waals surface area contributed by atoms with Crippen LogP contribution in [0.5, 0.6) is 0 Å². The number of fused-ring (bicyclic) bond motifs is 6. The topological polar surface area (TPSA) is 30.2 Å². The lowest BCUT2D eigenvalue weighted by atomic mass is 9.95. The fourth-order valence-electron chi connectivity index (χ4n) is 4.39. The summed E-state index contributed by atoms with van der Waals surface area (Å²) in [6, 6.07) is 33.9. The van der Waals surface area contributed by atoms with E-state index in [-0.39, 0.29) is 0 Å². The molecule has 0 aliphatic carbocycles. The van der Waals surface area contributed by atoms with Crippen molar-refractivity contribution < 1.29 is 0 Å². The van der Waals surface area contributed by atoms with Crippen LogP contribution in [0, 0.1) is 6.92 Å². The summed E-state index contributed by atoms with van der Waals surface area (Å²) in [6.45, 7) is 6.14. The maximum atomic E-state index is 4.64. The standard InChI is InChI=1S/C27H19N3.C2H6/c1-18-15-16-24-23(17-18)25-21(19-9-4-2-5-10-19)13-8-14-22(25)27-29-28-26(30(24)27)20-11-6-3-7-12-20;1-2/h2-17H,1H3;1-2H3. The Hall–Kier alpha value is -3.98.